The molecule has 0 aromatic rings. The van der Waals surface area contributed by atoms with E-state index >= 15 is 4.39 Å². The summed E-state index contributed by atoms with van der Waals surface area (Å²) < 4.78 is 28.8. The van der Waals surface area contributed by atoms with E-state index < -0.39 is 52.1 Å². The van der Waals surface area contributed by atoms with Gasteiger partial charge in [0.25, 0.3) is 0 Å². The summed E-state index contributed by atoms with van der Waals surface area (Å²) in [5, 5.41) is 23.7. The van der Waals surface area contributed by atoms with Gasteiger partial charge in [0, 0.05) is 36.4 Å². The summed E-state index contributed by atoms with van der Waals surface area (Å²) in [4.78, 5) is 26.0. The van der Waals surface area contributed by atoms with Gasteiger partial charge in [0.05, 0.1) is 6.10 Å². The topological polar surface area (TPSA) is 93.1 Å². The van der Waals surface area contributed by atoms with E-state index in [0.29, 0.717) is 51.7 Å². The van der Waals surface area contributed by atoms with Crippen LogP contribution >= 0.6 is 0 Å². The molecular formula is C28H43FO6. The van der Waals surface area contributed by atoms with E-state index in [1.54, 1.807) is 6.08 Å². The molecule has 4 rings (SSSR count). The number of carbonyl (C=O) groups is 2. The van der Waals surface area contributed by atoms with Crippen molar-refractivity contribution in [1.82, 2.24) is 0 Å². The molecule has 0 aromatic carbocycles. The zero-order valence-corrected chi connectivity index (χ0v) is 21.9. The predicted molar refractivity (Wildman–Crippen MR) is 129 cm³/mol. The summed E-state index contributed by atoms with van der Waals surface area (Å²) in [7, 11) is 0. The first-order valence-corrected chi connectivity index (χ1v) is 13.5. The van der Waals surface area contributed by atoms with Gasteiger partial charge in [-0.1, -0.05) is 40.2 Å². The Kier molecular flexibility index (Phi) is 7.15. The van der Waals surface area contributed by atoms with E-state index in [9.17, 15) is 19.8 Å². The maximum atomic E-state index is 17.3. The van der Waals surface area contributed by atoms with E-state index in [-0.39, 0.29) is 24.5 Å². The third-order valence-corrected chi connectivity index (χ3v) is 10.2. The van der Waals surface area contributed by atoms with Crippen LogP contribution in [0, 0.1) is 28.6 Å². The number of halogens is 1. The number of Topliss-reactive ketones (excluding diaryl/α,β-unsaturated/α-hetero) is 1. The fourth-order valence-corrected chi connectivity index (χ4v) is 8.26. The minimum atomic E-state index is -1.91. The highest BCUT2D eigenvalue weighted by Gasteiger charge is 2.76. The molecule has 4 aliphatic rings. The minimum Gasteiger partial charge on any atom is -0.390 e. The van der Waals surface area contributed by atoms with Crippen molar-refractivity contribution < 1.29 is 33.7 Å². The lowest BCUT2D eigenvalue weighted by Gasteiger charge is -2.63. The standard InChI is InChI=1S/C28H43FO6/c1-6-12-34-24(35-13-7-2)23(32)28(33)17(3)14-21-20-9-8-18-15-19(30)10-11-25(18,4)27(20,29)22(31)16-26(21,28)5/h15,17,20-22,24,31,33H,6-14,16H2,1-5H3/t17-,20-,21-,22-,25-,26-,27-,28-/m0/s1. The Morgan fingerprint density at radius 1 is 1.17 bits per heavy atom. The zero-order chi connectivity index (χ0) is 25.8. The molecule has 35 heavy (non-hydrogen) atoms. The van der Waals surface area contributed by atoms with Crippen molar-refractivity contribution in [3.05, 3.63) is 11.6 Å². The number of ether oxygens (including phenoxy) is 2. The van der Waals surface area contributed by atoms with Gasteiger partial charge in [0.15, 0.2) is 5.78 Å². The Balaban J connectivity index is 1.72. The van der Waals surface area contributed by atoms with Gasteiger partial charge < -0.3 is 19.7 Å². The number of fused-ring (bicyclic) bond motifs is 5. The molecule has 2 N–H and O–H groups in total. The van der Waals surface area contributed by atoms with Gasteiger partial charge in [-0.15, -0.1) is 0 Å². The van der Waals surface area contributed by atoms with Crippen LogP contribution in [0.2, 0.25) is 0 Å². The third kappa shape index (κ3) is 3.63. The summed E-state index contributed by atoms with van der Waals surface area (Å²) in [5.41, 5.74) is -4.85. The molecule has 198 valence electrons. The van der Waals surface area contributed by atoms with Gasteiger partial charge in [-0.05, 0) is 62.9 Å². The Morgan fingerprint density at radius 2 is 1.80 bits per heavy atom. The van der Waals surface area contributed by atoms with E-state index in [1.165, 1.54) is 0 Å². The number of ketones is 2. The summed E-state index contributed by atoms with van der Waals surface area (Å²) in [6, 6.07) is 0. The number of aliphatic hydroxyl groups is 2. The molecule has 0 aliphatic heterocycles. The molecule has 3 saturated carbocycles. The number of aliphatic hydroxyl groups excluding tert-OH is 1. The average molecular weight is 495 g/mol. The fourth-order valence-electron chi connectivity index (χ4n) is 8.26. The number of alkyl halides is 1. The van der Waals surface area contributed by atoms with Crippen molar-refractivity contribution in [3.63, 3.8) is 0 Å². The van der Waals surface area contributed by atoms with Gasteiger partial charge >= 0.3 is 0 Å². The van der Waals surface area contributed by atoms with Gasteiger partial charge in [-0.2, -0.15) is 0 Å². The predicted octanol–water partition coefficient (Wildman–Crippen LogP) is 4.31. The van der Waals surface area contributed by atoms with Crippen molar-refractivity contribution >= 4 is 11.6 Å². The average Bonchev–Trinajstić information content (AvgIpc) is 3.01. The highest BCUT2D eigenvalue weighted by molar-refractivity contribution is 5.92. The normalized spacial score (nSPS) is 45.1. The highest BCUT2D eigenvalue weighted by atomic mass is 19.1. The SMILES string of the molecule is CCCOC(OCCC)C(=O)[C@@]1(O)[C@@H](C)C[C@H]2[C@@H]3CCC4=CC(=O)CC[C@]4(C)[C@@]3(F)[C@@H](O)C[C@@]21C. The van der Waals surface area contributed by atoms with Crippen LogP contribution in [0.4, 0.5) is 4.39 Å². The van der Waals surface area contributed by atoms with E-state index in [4.69, 9.17) is 9.47 Å². The Hall–Kier alpha value is -1.15. The number of rotatable bonds is 8. The van der Waals surface area contributed by atoms with Crippen LogP contribution in [0.5, 0.6) is 0 Å². The monoisotopic (exact) mass is 494 g/mol. The van der Waals surface area contributed by atoms with E-state index in [0.717, 1.165) is 5.57 Å². The molecule has 7 heteroatoms. The molecule has 6 nitrogen and oxygen atoms in total. The minimum absolute atomic E-state index is 0.0225. The van der Waals surface area contributed by atoms with Crippen LogP contribution in [-0.4, -0.2) is 58.7 Å². The largest absolute Gasteiger partial charge is 0.390 e. The number of allylic oxidation sites excluding steroid dienone is 1. The van der Waals surface area contributed by atoms with Gasteiger partial charge in [0.2, 0.25) is 12.1 Å². The number of hydrogen-bond donors (Lipinski definition) is 2. The summed E-state index contributed by atoms with van der Waals surface area (Å²) in [5.74, 6) is -1.72. The highest BCUT2D eigenvalue weighted by Crippen LogP contribution is 2.71. The van der Waals surface area contributed by atoms with E-state index in [2.05, 4.69) is 0 Å². The van der Waals surface area contributed by atoms with Crippen molar-refractivity contribution in [2.75, 3.05) is 13.2 Å². The van der Waals surface area contributed by atoms with Crippen LogP contribution in [0.3, 0.4) is 0 Å². The smallest absolute Gasteiger partial charge is 0.220 e. The van der Waals surface area contributed by atoms with Crippen molar-refractivity contribution in [1.29, 1.82) is 0 Å². The molecule has 0 amide bonds. The molecule has 0 aromatic heterocycles. The van der Waals surface area contributed by atoms with Crippen LogP contribution in [0.15, 0.2) is 11.6 Å². The van der Waals surface area contributed by atoms with Gasteiger partial charge in [-0.25, -0.2) is 4.39 Å². The molecule has 3 fully saturated rings. The first-order chi connectivity index (χ1) is 16.4. The molecule has 4 aliphatic carbocycles. The second kappa shape index (κ2) is 9.30. The molecule has 0 heterocycles. The lowest BCUT2D eigenvalue weighted by atomic mass is 9.43. The van der Waals surface area contributed by atoms with Crippen molar-refractivity contribution in [2.24, 2.45) is 28.6 Å². The third-order valence-electron chi connectivity index (χ3n) is 10.2. The number of hydrogen-bond acceptors (Lipinski definition) is 6. The summed E-state index contributed by atoms with van der Waals surface area (Å²) >= 11 is 0. The quantitative estimate of drug-likeness (QED) is 0.489. The fraction of sp³-hybridized carbons (Fsp3) is 0.857. The molecule has 0 saturated heterocycles. The van der Waals surface area contributed by atoms with Gasteiger partial charge in [-0.3, -0.25) is 9.59 Å². The van der Waals surface area contributed by atoms with Crippen molar-refractivity contribution in [2.45, 2.75) is 110 Å². The molecule has 0 radical (unpaired) electrons. The second-order valence-electron chi connectivity index (χ2n) is 12.0. The maximum absolute atomic E-state index is 17.3. The van der Waals surface area contributed by atoms with Crippen molar-refractivity contribution in [3.8, 4) is 0 Å². The van der Waals surface area contributed by atoms with Crippen LogP contribution in [0.25, 0.3) is 0 Å². The lowest BCUT2D eigenvalue weighted by molar-refractivity contribution is -0.237. The molecule has 0 spiro atoms. The maximum Gasteiger partial charge on any atom is 0.220 e. The second-order valence-corrected chi connectivity index (χ2v) is 12.0. The molecule has 8 atom stereocenters. The Morgan fingerprint density at radius 3 is 2.40 bits per heavy atom. The molecule has 0 unspecified atom stereocenters. The number of carbonyl (C=O) groups excluding carboxylic acids is 2. The van der Waals surface area contributed by atoms with Crippen LogP contribution in [0.1, 0.15) is 86.0 Å². The van der Waals surface area contributed by atoms with Crippen LogP contribution in [-0.2, 0) is 19.1 Å². The Bertz CT molecular complexity index is 881. The zero-order valence-electron chi connectivity index (χ0n) is 21.9. The Labute approximate surface area is 208 Å². The van der Waals surface area contributed by atoms with Crippen LogP contribution < -0.4 is 0 Å². The lowest BCUT2D eigenvalue weighted by Crippen LogP contribution is -2.70. The molecular weight excluding hydrogens is 451 g/mol. The first-order valence-electron chi connectivity index (χ1n) is 13.5. The van der Waals surface area contributed by atoms with E-state index in [1.807, 2.05) is 34.6 Å². The van der Waals surface area contributed by atoms with Gasteiger partial charge in [0.1, 0.15) is 11.3 Å². The molecule has 0 bridgehead atoms. The first kappa shape index (κ1) is 26.9. The summed E-state index contributed by atoms with van der Waals surface area (Å²) in [6.45, 7) is 10.1. The summed E-state index contributed by atoms with van der Waals surface area (Å²) in [6.07, 6.45) is 2.67.